The number of alkyl halides is 2. The Balaban J connectivity index is 2.14. The molecule has 0 unspecified atom stereocenters. The van der Waals surface area contributed by atoms with Crippen LogP contribution < -0.4 is 0 Å². The van der Waals surface area contributed by atoms with Gasteiger partial charge in [-0.15, -0.1) is 0 Å². The Bertz CT molecular complexity index is 288. The minimum Gasteiger partial charge on any atom is -0.356 e. The molecule has 17 heavy (non-hydrogen) atoms. The first-order valence-corrected chi connectivity index (χ1v) is 7.16. The van der Waals surface area contributed by atoms with Crippen LogP contribution in [0.25, 0.3) is 0 Å². The van der Waals surface area contributed by atoms with Gasteiger partial charge in [0.25, 0.3) is 5.91 Å². The standard InChI is InChI=1S/C12H19Cl2NO2/c1-9-3-5-12(6-4-9)15(7-2-8-17-12)11(16)10(13)14/h9-10H,2-8H2,1H3. The molecule has 1 spiro atoms. The topological polar surface area (TPSA) is 29.5 Å². The molecule has 2 fully saturated rings. The van der Waals surface area contributed by atoms with Crippen molar-refractivity contribution in [1.82, 2.24) is 4.90 Å². The summed E-state index contributed by atoms with van der Waals surface area (Å²) in [6, 6.07) is 0. The number of carbonyl (C=O) groups is 1. The van der Waals surface area contributed by atoms with Crippen LogP contribution in [0.2, 0.25) is 0 Å². The van der Waals surface area contributed by atoms with E-state index in [1.807, 2.05) is 0 Å². The van der Waals surface area contributed by atoms with Gasteiger partial charge in [0.1, 0.15) is 5.72 Å². The number of hydrogen-bond donors (Lipinski definition) is 0. The number of nitrogens with zero attached hydrogens (tertiary/aromatic N) is 1. The van der Waals surface area contributed by atoms with Gasteiger partial charge in [-0.05, 0) is 38.0 Å². The quantitative estimate of drug-likeness (QED) is 0.691. The Kier molecular flexibility index (Phi) is 4.22. The van der Waals surface area contributed by atoms with Crippen molar-refractivity contribution in [2.24, 2.45) is 5.92 Å². The fourth-order valence-electron chi connectivity index (χ4n) is 2.82. The molecule has 1 aliphatic carbocycles. The van der Waals surface area contributed by atoms with Crippen molar-refractivity contribution in [3.05, 3.63) is 0 Å². The van der Waals surface area contributed by atoms with Gasteiger partial charge in [0, 0.05) is 6.54 Å². The maximum absolute atomic E-state index is 12.0. The van der Waals surface area contributed by atoms with Gasteiger partial charge in [0.2, 0.25) is 0 Å². The summed E-state index contributed by atoms with van der Waals surface area (Å²) >= 11 is 11.4. The molecule has 0 N–H and O–H groups in total. The molecule has 98 valence electrons. The zero-order valence-corrected chi connectivity index (χ0v) is 11.6. The van der Waals surface area contributed by atoms with Gasteiger partial charge in [-0.1, -0.05) is 30.1 Å². The number of carbonyl (C=O) groups excluding carboxylic acids is 1. The Hall–Kier alpha value is 0.01000. The van der Waals surface area contributed by atoms with Gasteiger partial charge in [-0.25, -0.2) is 0 Å². The van der Waals surface area contributed by atoms with Gasteiger partial charge in [0.15, 0.2) is 4.84 Å². The third-order valence-electron chi connectivity index (χ3n) is 3.90. The lowest BCUT2D eigenvalue weighted by atomic mass is 9.83. The molecule has 5 heteroatoms. The first-order chi connectivity index (χ1) is 8.05. The van der Waals surface area contributed by atoms with E-state index in [0.717, 1.165) is 38.7 Å². The highest BCUT2D eigenvalue weighted by Crippen LogP contribution is 2.40. The molecule has 1 saturated carbocycles. The zero-order chi connectivity index (χ0) is 12.5. The lowest BCUT2D eigenvalue weighted by Gasteiger charge is -2.50. The van der Waals surface area contributed by atoms with Crippen molar-refractivity contribution < 1.29 is 9.53 Å². The van der Waals surface area contributed by atoms with Crippen molar-refractivity contribution in [3.63, 3.8) is 0 Å². The number of rotatable bonds is 1. The fraction of sp³-hybridized carbons (Fsp3) is 0.917. The average molecular weight is 280 g/mol. The van der Waals surface area contributed by atoms with Crippen molar-refractivity contribution in [2.75, 3.05) is 13.2 Å². The van der Waals surface area contributed by atoms with Crippen LogP contribution in [-0.4, -0.2) is 34.5 Å². The number of amides is 1. The van der Waals surface area contributed by atoms with Crippen molar-refractivity contribution in [3.8, 4) is 0 Å². The van der Waals surface area contributed by atoms with E-state index in [0.29, 0.717) is 12.5 Å². The molecular weight excluding hydrogens is 261 g/mol. The Morgan fingerprint density at radius 2 is 2.06 bits per heavy atom. The molecule has 2 rings (SSSR count). The minimum atomic E-state index is -0.979. The SMILES string of the molecule is CC1CCC2(CC1)OCCCN2C(=O)C(Cl)Cl. The largest absolute Gasteiger partial charge is 0.356 e. The predicted molar refractivity (Wildman–Crippen MR) is 68.1 cm³/mol. The van der Waals surface area contributed by atoms with Gasteiger partial charge >= 0.3 is 0 Å². The van der Waals surface area contributed by atoms with E-state index in [1.54, 1.807) is 4.90 Å². The molecule has 0 aromatic carbocycles. The summed E-state index contributed by atoms with van der Waals surface area (Å²) in [5.74, 6) is 0.508. The third-order valence-corrected chi connectivity index (χ3v) is 4.27. The Labute approximate surface area is 112 Å². The van der Waals surface area contributed by atoms with Crippen molar-refractivity contribution in [1.29, 1.82) is 0 Å². The second kappa shape index (κ2) is 5.33. The number of ether oxygens (including phenoxy) is 1. The second-order valence-electron chi connectivity index (χ2n) is 5.12. The predicted octanol–water partition coefficient (Wildman–Crippen LogP) is 2.95. The summed E-state index contributed by atoms with van der Waals surface area (Å²) < 4.78 is 5.93. The highest BCUT2D eigenvalue weighted by Gasteiger charge is 2.45. The van der Waals surface area contributed by atoms with Crippen LogP contribution in [0.1, 0.15) is 39.0 Å². The lowest BCUT2D eigenvalue weighted by Crippen LogP contribution is -2.59. The van der Waals surface area contributed by atoms with E-state index in [-0.39, 0.29) is 5.91 Å². The maximum Gasteiger partial charge on any atom is 0.258 e. The molecule has 1 amide bonds. The fourth-order valence-corrected chi connectivity index (χ4v) is 3.06. The van der Waals surface area contributed by atoms with Crippen LogP contribution in [0.3, 0.4) is 0 Å². The molecule has 3 nitrogen and oxygen atoms in total. The van der Waals surface area contributed by atoms with E-state index >= 15 is 0 Å². The molecule has 0 radical (unpaired) electrons. The van der Waals surface area contributed by atoms with Crippen LogP contribution in [0.4, 0.5) is 0 Å². The summed E-state index contributed by atoms with van der Waals surface area (Å²) in [7, 11) is 0. The first kappa shape index (κ1) is 13.4. The maximum atomic E-state index is 12.0. The summed E-state index contributed by atoms with van der Waals surface area (Å²) in [5.41, 5.74) is -0.427. The van der Waals surface area contributed by atoms with Crippen LogP contribution >= 0.6 is 23.2 Å². The Morgan fingerprint density at radius 3 is 2.65 bits per heavy atom. The molecule has 1 aliphatic heterocycles. The van der Waals surface area contributed by atoms with Gasteiger partial charge < -0.3 is 9.64 Å². The van der Waals surface area contributed by atoms with Crippen LogP contribution in [-0.2, 0) is 9.53 Å². The van der Waals surface area contributed by atoms with Crippen LogP contribution in [0.15, 0.2) is 0 Å². The molecule has 0 atom stereocenters. The van der Waals surface area contributed by atoms with Crippen LogP contribution in [0.5, 0.6) is 0 Å². The normalized spacial score (nSPS) is 34.4. The van der Waals surface area contributed by atoms with E-state index in [2.05, 4.69) is 6.92 Å². The molecule has 0 aromatic rings. The molecule has 0 bridgehead atoms. The van der Waals surface area contributed by atoms with Crippen LogP contribution in [0, 0.1) is 5.92 Å². The number of halogens is 2. The van der Waals surface area contributed by atoms with E-state index in [9.17, 15) is 4.79 Å². The summed E-state index contributed by atoms with van der Waals surface area (Å²) in [4.78, 5) is 12.8. The summed E-state index contributed by atoms with van der Waals surface area (Å²) in [6.07, 6.45) is 4.86. The van der Waals surface area contributed by atoms with E-state index in [4.69, 9.17) is 27.9 Å². The summed E-state index contributed by atoms with van der Waals surface area (Å²) in [5, 5.41) is 0. The second-order valence-corrected chi connectivity index (χ2v) is 6.22. The summed E-state index contributed by atoms with van der Waals surface area (Å²) in [6.45, 7) is 3.68. The van der Waals surface area contributed by atoms with Gasteiger partial charge in [-0.2, -0.15) is 0 Å². The van der Waals surface area contributed by atoms with Gasteiger partial charge in [0.05, 0.1) is 6.61 Å². The molecule has 2 aliphatic rings. The monoisotopic (exact) mass is 279 g/mol. The highest BCUT2D eigenvalue weighted by atomic mass is 35.5. The van der Waals surface area contributed by atoms with E-state index < -0.39 is 10.6 Å². The van der Waals surface area contributed by atoms with Crippen molar-refractivity contribution in [2.45, 2.75) is 49.6 Å². The van der Waals surface area contributed by atoms with Gasteiger partial charge in [-0.3, -0.25) is 4.79 Å². The Morgan fingerprint density at radius 1 is 1.41 bits per heavy atom. The first-order valence-electron chi connectivity index (χ1n) is 6.29. The molecule has 1 saturated heterocycles. The molecule has 1 heterocycles. The van der Waals surface area contributed by atoms with Crippen molar-refractivity contribution >= 4 is 29.1 Å². The zero-order valence-electron chi connectivity index (χ0n) is 10.1. The minimum absolute atomic E-state index is 0.206. The smallest absolute Gasteiger partial charge is 0.258 e. The highest BCUT2D eigenvalue weighted by molar-refractivity contribution is 6.53. The molecular formula is C12H19Cl2NO2. The molecule has 0 aromatic heterocycles. The lowest BCUT2D eigenvalue weighted by molar-refractivity contribution is -0.208. The third kappa shape index (κ3) is 2.72. The van der Waals surface area contributed by atoms with E-state index in [1.165, 1.54) is 0 Å². The average Bonchev–Trinajstić information content (AvgIpc) is 2.33. The number of hydrogen-bond acceptors (Lipinski definition) is 2.